The molecule has 1 N–H and O–H groups in total. The van der Waals surface area contributed by atoms with Gasteiger partial charge in [0.1, 0.15) is 0 Å². The number of amides is 1. The molecular formula is C10H9BrClNO. The van der Waals surface area contributed by atoms with Crippen molar-refractivity contribution in [2.75, 3.05) is 5.32 Å². The number of rotatable bonds is 2. The molecule has 1 amide bonds. The summed E-state index contributed by atoms with van der Waals surface area (Å²) in [6, 6.07) is 5.37. The predicted octanol–water partition coefficient (Wildman–Crippen LogP) is 3.45. The van der Waals surface area contributed by atoms with Crippen molar-refractivity contribution in [3.63, 3.8) is 0 Å². The SMILES string of the molecule is O=C(Nc1ccc(Cl)c(Br)c1)C1CC1. The standard InChI is InChI=1S/C10H9BrClNO/c11-8-5-7(3-4-9(8)12)13-10(14)6-1-2-6/h3-6H,1-2H2,(H,13,14). The van der Waals surface area contributed by atoms with Crippen molar-refractivity contribution in [2.45, 2.75) is 12.8 Å². The zero-order valence-electron chi connectivity index (χ0n) is 7.39. The molecule has 0 spiro atoms. The number of nitrogens with one attached hydrogen (secondary N) is 1. The fourth-order valence-corrected chi connectivity index (χ4v) is 1.66. The number of anilines is 1. The van der Waals surface area contributed by atoms with E-state index < -0.39 is 0 Å². The topological polar surface area (TPSA) is 29.1 Å². The average molecular weight is 275 g/mol. The monoisotopic (exact) mass is 273 g/mol. The van der Waals surface area contributed by atoms with Crippen molar-refractivity contribution in [1.82, 2.24) is 0 Å². The molecule has 14 heavy (non-hydrogen) atoms. The van der Waals surface area contributed by atoms with Crippen LogP contribution in [-0.4, -0.2) is 5.91 Å². The lowest BCUT2D eigenvalue weighted by atomic mass is 10.3. The molecule has 0 bridgehead atoms. The van der Waals surface area contributed by atoms with Gasteiger partial charge in [0.05, 0.1) is 5.02 Å². The Kier molecular flexibility index (Phi) is 2.79. The van der Waals surface area contributed by atoms with Gasteiger partial charge in [0, 0.05) is 16.1 Å². The fraction of sp³-hybridized carbons (Fsp3) is 0.300. The zero-order valence-corrected chi connectivity index (χ0v) is 9.73. The van der Waals surface area contributed by atoms with Crippen molar-refractivity contribution in [1.29, 1.82) is 0 Å². The molecule has 74 valence electrons. The van der Waals surface area contributed by atoms with E-state index in [-0.39, 0.29) is 11.8 Å². The second kappa shape index (κ2) is 3.91. The van der Waals surface area contributed by atoms with E-state index in [4.69, 9.17) is 11.6 Å². The molecule has 0 saturated heterocycles. The highest BCUT2D eigenvalue weighted by atomic mass is 79.9. The summed E-state index contributed by atoms with van der Waals surface area (Å²) in [4.78, 5) is 11.4. The van der Waals surface area contributed by atoms with Crippen LogP contribution in [0.4, 0.5) is 5.69 Å². The van der Waals surface area contributed by atoms with Crippen molar-refractivity contribution in [3.05, 3.63) is 27.7 Å². The van der Waals surface area contributed by atoms with Gasteiger partial charge >= 0.3 is 0 Å². The molecule has 1 aliphatic carbocycles. The summed E-state index contributed by atoms with van der Waals surface area (Å²) in [6.45, 7) is 0. The van der Waals surface area contributed by atoms with E-state index in [0.717, 1.165) is 23.0 Å². The Balaban J connectivity index is 2.08. The van der Waals surface area contributed by atoms with Gasteiger partial charge in [-0.1, -0.05) is 11.6 Å². The summed E-state index contributed by atoms with van der Waals surface area (Å²) in [6.07, 6.45) is 2.03. The Labute approximate surface area is 95.8 Å². The minimum Gasteiger partial charge on any atom is -0.326 e. The summed E-state index contributed by atoms with van der Waals surface area (Å²) in [5.74, 6) is 0.337. The Morgan fingerprint density at radius 1 is 1.50 bits per heavy atom. The number of hydrogen-bond acceptors (Lipinski definition) is 1. The van der Waals surface area contributed by atoms with Crippen LogP contribution in [0.1, 0.15) is 12.8 Å². The maximum absolute atomic E-state index is 11.4. The minimum absolute atomic E-state index is 0.110. The first kappa shape index (κ1) is 9.99. The third kappa shape index (κ3) is 2.28. The smallest absolute Gasteiger partial charge is 0.227 e. The molecule has 0 aliphatic heterocycles. The van der Waals surface area contributed by atoms with E-state index >= 15 is 0 Å². The third-order valence-electron chi connectivity index (χ3n) is 2.14. The predicted molar refractivity (Wildman–Crippen MR) is 60.5 cm³/mol. The van der Waals surface area contributed by atoms with E-state index in [1.165, 1.54) is 0 Å². The van der Waals surface area contributed by atoms with E-state index in [9.17, 15) is 4.79 Å². The van der Waals surface area contributed by atoms with Gasteiger partial charge in [-0.05, 0) is 47.0 Å². The Hall–Kier alpha value is -0.540. The maximum Gasteiger partial charge on any atom is 0.227 e. The molecule has 1 aliphatic rings. The molecule has 1 aromatic rings. The van der Waals surface area contributed by atoms with Crippen LogP contribution >= 0.6 is 27.5 Å². The Morgan fingerprint density at radius 2 is 2.21 bits per heavy atom. The summed E-state index contributed by atoms with van der Waals surface area (Å²) < 4.78 is 0.799. The highest BCUT2D eigenvalue weighted by Crippen LogP contribution is 2.31. The minimum atomic E-state index is 0.110. The first-order valence-corrected chi connectivity index (χ1v) is 5.60. The fourth-order valence-electron chi connectivity index (χ4n) is 1.16. The van der Waals surface area contributed by atoms with Crippen LogP contribution in [0, 0.1) is 5.92 Å². The Bertz CT molecular complexity index is 376. The van der Waals surface area contributed by atoms with Crippen LogP contribution < -0.4 is 5.32 Å². The van der Waals surface area contributed by atoms with Crippen LogP contribution in [0.25, 0.3) is 0 Å². The van der Waals surface area contributed by atoms with Gasteiger partial charge in [0.2, 0.25) is 5.91 Å². The van der Waals surface area contributed by atoms with Gasteiger partial charge in [0.25, 0.3) is 0 Å². The van der Waals surface area contributed by atoms with Crippen LogP contribution in [0.2, 0.25) is 5.02 Å². The molecule has 1 aromatic carbocycles. The molecule has 1 fully saturated rings. The lowest BCUT2D eigenvalue weighted by Crippen LogP contribution is -2.13. The summed E-state index contributed by atoms with van der Waals surface area (Å²) >= 11 is 9.14. The van der Waals surface area contributed by atoms with Crippen molar-refractivity contribution in [2.24, 2.45) is 5.92 Å². The number of carbonyl (C=O) groups is 1. The van der Waals surface area contributed by atoms with E-state index in [0.29, 0.717) is 5.02 Å². The van der Waals surface area contributed by atoms with E-state index in [1.54, 1.807) is 12.1 Å². The number of halogens is 2. The van der Waals surface area contributed by atoms with Crippen LogP contribution in [0.3, 0.4) is 0 Å². The lowest BCUT2D eigenvalue weighted by molar-refractivity contribution is -0.117. The molecule has 0 atom stereocenters. The lowest BCUT2D eigenvalue weighted by Gasteiger charge is -2.04. The maximum atomic E-state index is 11.4. The van der Waals surface area contributed by atoms with Gasteiger partial charge in [-0.25, -0.2) is 0 Å². The normalized spacial score (nSPS) is 15.3. The van der Waals surface area contributed by atoms with Crippen molar-refractivity contribution < 1.29 is 4.79 Å². The first-order valence-electron chi connectivity index (χ1n) is 4.43. The van der Waals surface area contributed by atoms with E-state index in [1.807, 2.05) is 6.07 Å². The molecule has 0 radical (unpaired) electrons. The Morgan fingerprint density at radius 3 is 2.79 bits per heavy atom. The highest BCUT2D eigenvalue weighted by molar-refractivity contribution is 9.10. The number of hydrogen-bond donors (Lipinski definition) is 1. The largest absolute Gasteiger partial charge is 0.326 e. The first-order chi connectivity index (χ1) is 6.66. The number of benzene rings is 1. The van der Waals surface area contributed by atoms with Gasteiger partial charge in [-0.3, -0.25) is 4.79 Å². The summed E-state index contributed by atoms with van der Waals surface area (Å²) in [5, 5.41) is 3.49. The van der Waals surface area contributed by atoms with Gasteiger partial charge in [-0.15, -0.1) is 0 Å². The molecule has 4 heteroatoms. The number of carbonyl (C=O) groups excluding carboxylic acids is 1. The van der Waals surface area contributed by atoms with Crippen LogP contribution in [-0.2, 0) is 4.79 Å². The van der Waals surface area contributed by atoms with Gasteiger partial charge < -0.3 is 5.32 Å². The van der Waals surface area contributed by atoms with Crippen molar-refractivity contribution >= 4 is 39.1 Å². The molecule has 2 rings (SSSR count). The molecule has 0 unspecified atom stereocenters. The molecule has 0 heterocycles. The molecule has 1 saturated carbocycles. The zero-order chi connectivity index (χ0) is 10.1. The second-order valence-corrected chi connectivity index (χ2v) is 4.65. The van der Waals surface area contributed by atoms with Crippen molar-refractivity contribution in [3.8, 4) is 0 Å². The van der Waals surface area contributed by atoms with Gasteiger partial charge in [-0.2, -0.15) is 0 Å². The molecule has 0 aromatic heterocycles. The quantitative estimate of drug-likeness (QED) is 0.879. The third-order valence-corrected chi connectivity index (χ3v) is 3.35. The second-order valence-electron chi connectivity index (χ2n) is 3.39. The summed E-state index contributed by atoms with van der Waals surface area (Å²) in [5.41, 5.74) is 0.790. The van der Waals surface area contributed by atoms with Crippen LogP contribution in [0.5, 0.6) is 0 Å². The molecular weight excluding hydrogens is 265 g/mol. The highest BCUT2D eigenvalue weighted by Gasteiger charge is 2.29. The van der Waals surface area contributed by atoms with Gasteiger partial charge in [0.15, 0.2) is 0 Å². The summed E-state index contributed by atoms with van der Waals surface area (Å²) in [7, 11) is 0. The average Bonchev–Trinajstić information content (AvgIpc) is 2.94. The van der Waals surface area contributed by atoms with E-state index in [2.05, 4.69) is 21.2 Å². The molecule has 2 nitrogen and oxygen atoms in total. The van der Waals surface area contributed by atoms with Crippen LogP contribution in [0.15, 0.2) is 22.7 Å².